The monoisotopic (exact) mass is 309 g/mol. The van der Waals surface area contributed by atoms with Crippen molar-refractivity contribution in [3.05, 3.63) is 22.2 Å². The predicted octanol–water partition coefficient (Wildman–Crippen LogP) is 1.51. The molecule has 0 aliphatic carbocycles. The first kappa shape index (κ1) is 12.0. The number of likely N-dealkylation sites (N-methyl/N-ethyl adjacent to an activating group) is 1. The number of benzene rings is 1. The predicted molar refractivity (Wildman–Crippen MR) is 76.3 cm³/mol. The van der Waals surface area contributed by atoms with Crippen LogP contribution in [0, 0.1) is 6.92 Å². The molecule has 2 aliphatic rings. The average molecular weight is 310 g/mol. The highest BCUT2D eigenvalue weighted by molar-refractivity contribution is 9.10. The van der Waals surface area contributed by atoms with Crippen LogP contribution in [0.1, 0.15) is 5.56 Å². The molecule has 96 valence electrons. The highest BCUT2D eigenvalue weighted by atomic mass is 79.9. The van der Waals surface area contributed by atoms with Crippen molar-refractivity contribution >= 4 is 33.2 Å². The molecular formula is C13H16BrN3O. The minimum absolute atomic E-state index is 0.172. The van der Waals surface area contributed by atoms with Gasteiger partial charge in [0.1, 0.15) is 0 Å². The molecule has 0 radical (unpaired) electrons. The van der Waals surface area contributed by atoms with Crippen LogP contribution in [0.3, 0.4) is 0 Å². The van der Waals surface area contributed by atoms with E-state index in [1.807, 2.05) is 4.90 Å². The second-order valence-corrected chi connectivity index (χ2v) is 5.94. The lowest BCUT2D eigenvalue weighted by atomic mass is 10.0. The van der Waals surface area contributed by atoms with Gasteiger partial charge in [-0.2, -0.15) is 0 Å². The molecule has 2 heterocycles. The average Bonchev–Trinajstić information content (AvgIpc) is 2.29. The maximum absolute atomic E-state index is 12.2. The molecule has 1 amide bonds. The minimum Gasteiger partial charge on any atom is -0.371 e. The van der Waals surface area contributed by atoms with E-state index >= 15 is 0 Å². The molecule has 18 heavy (non-hydrogen) atoms. The van der Waals surface area contributed by atoms with E-state index in [1.54, 1.807) is 0 Å². The lowest BCUT2D eigenvalue weighted by molar-refractivity contribution is -0.119. The summed E-state index contributed by atoms with van der Waals surface area (Å²) in [6.07, 6.45) is 0. The number of carbonyl (C=O) groups excluding carboxylic acids is 1. The van der Waals surface area contributed by atoms with Crippen molar-refractivity contribution in [3.8, 4) is 0 Å². The molecule has 0 spiro atoms. The van der Waals surface area contributed by atoms with E-state index in [0.29, 0.717) is 6.54 Å². The second-order valence-electron chi connectivity index (χ2n) is 5.02. The van der Waals surface area contributed by atoms with Crippen molar-refractivity contribution in [3.63, 3.8) is 0 Å². The summed E-state index contributed by atoms with van der Waals surface area (Å²) in [6.45, 7) is 4.25. The van der Waals surface area contributed by atoms with Gasteiger partial charge in [0.2, 0.25) is 5.91 Å². The maximum Gasteiger partial charge on any atom is 0.241 e. The van der Waals surface area contributed by atoms with Gasteiger partial charge in [0.25, 0.3) is 0 Å². The molecule has 4 nitrogen and oxygen atoms in total. The zero-order valence-corrected chi connectivity index (χ0v) is 12.1. The SMILES string of the molecule is Cc1cc(Br)cc2c1N1C(=O)CNCC1CN2C. The molecule has 1 aromatic carbocycles. The summed E-state index contributed by atoms with van der Waals surface area (Å²) >= 11 is 3.53. The number of piperazine rings is 1. The Morgan fingerprint density at radius 3 is 3.00 bits per heavy atom. The smallest absolute Gasteiger partial charge is 0.241 e. The van der Waals surface area contributed by atoms with Gasteiger partial charge in [-0.05, 0) is 24.6 Å². The lowest BCUT2D eigenvalue weighted by Gasteiger charge is -2.45. The highest BCUT2D eigenvalue weighted by Gasteiger charge is 2.36. The van der Waals surface area contributed by atoms with Crippen LogP contribution in [0.15, 0.2) is 16.6 Å². The van der Waals surface area contributed by atoms with Crippen molar-refractivity contribution < 1.29 is 4.79 Å². The maximum atomic E-state index is 12.2. The molecule has 1 aromatic rings. The third-order valence-electron chi connectivity index (χ3n) is 3.67. The number of aryl methyl sites for hydroxylation is 1. The first-order valence-corrected chi connectivity index (χ1v) is 6.91. The normalized spacial score (nSPS) is 22.8. The fourth-order valence-electron chi connectivity index (χ4n) is 2.92. The minimum atomic E-state index is 0.172. The first-order valence-electron chi connectivity index (χ1n) is 6.12. The number of fused-ring (bicyclic) bond motifs is 3. The van der Waals surface area contributed by atoms with E-state index in [4.69, 9.17) is 0 Å². The van der Waals surface area contributed by atoms with Crippen molar-refractivity contribution in [2.45, 2.75) is 13.0 Å². The van der Waals surface area contributed by atoms with Gasteiger partial charge in [-0.15, -0.1) is 0 Å². The van der Waals surface area contributed by atoms with E-state index in [2.05, 4.69) is 52.3 Å². The van der Waals surface area contributed by atoms with Crippen molar-refractivity contribution in [2.75, 3.05) is 36.5 Å². The Morgan fingerprint density at radius 2 is 2.22 bits per heavy atom. The Hall–Kier alpha value is -1.07. The van der Waals surface area contributed by atoms with Gasteiger partial charge in [0, 0.05) is 24.6 Å². The summed E-state index contributed by atoms with van der Waals surface area (Å²) in [5.41, 5.74) is 3.35. The van der Waals surface area contributed by atoms with Crippen molar-refractivity contribution in [2.24, 2.45) is 0 Å². The van der Waals surface area contributed by atoms with Crippen LogP contribution in [-0.2, 0) is 4.79 Å². The van der Waals surface area contributed by atoms with E-state index < -0.39 is 0 Å². The lowest BCUT2D eigenvalue weighted by Crippen LogP contribution is -2.61. The Morgan fingerprint density at radius 1 is 1.44 bits per heavy atom. The number of nitrogens with zero attached hydrogens (tertiary/aromatic N) is 2. The van der Waals surface area contributed by atoms with Gasteiger partial charge in [-0.3, -0.25) is 4.79 Å². The Balaban J connectivity index is 2.17. The van der Waals surface area contributed by atoms with Crippen LogP contribution >= 0.6 is 15.9 Å². The molecule has 2 aliphatic heterocycles. The second kappa shape index (κ2) is 4.24. The summed E-state index contributed by atoms with van der Waals surface area (Å²) in [5.74, 6) is 0.172. The topological polar surface area (TPSA) is 35.6 Å². The molecule has 0 aromatic heterocycles. The van der Waals surface area contributed by atoms with E-state index in [-0.39, 0.29) is 11.9 Å². The molecule has 1 unspecified atom stereocenters. The summed E-state index contributed by atoms with van der Waals surface area (Å²) in [7, 11) is 2.08. The van der Waals surface area contributed by atoms with E-state index in [1.165, 1.54) is 0 Å². The molecule has 3 rings (SSSR count). The molecule has 1 saturated heterocycles. The molecule has 1 atom stereocenters. The molecule has 1 N–H and O–H groups in total. The molecule has 0 saturated carbocycles. The van der Waals surface area contributed by atoms with Gasteiger partial charge in [-0.1, -0.05) is 15.9 Å². The molecule has 5 heteroatoms. The van der Waals surface area contributed by atoms with Gasteiger partial charge in [0.05, 0.1) is 24.0 Å². The number of halogens is 1. The number of hydrogen-bond acceptors (Lipinski definition) is 3. The fraction of sp³-hybridized carbons (Fsp3) is 0.462. The largest absolute Gasteiger partial charge is 0.371 e. The standard InChI is InChI=1S/C13H16BrN3O/c1-8-3-9(14)4-11-13(8)17-10(7-16(11)2)5-15-6-12(17)18/h3-4,10,15H,5-7H2,1-2H3. The number of nitrogens with one attached hydrogen (secondary N) is 1. The number of carbonyl (C=O) groups is 1. The molecule has 0 bridgehead atoms. The fourth-order valence-corrected chi connectivity index (χ4v) is 3.48. The number of rotatable bonds is 0. The highest BCUT2D eigenvalue weighted by Crippen LogP contribution is 2.40. The quantitative estimate of drug-likeness (QED) is 0.789. The van der Waals surface area contributed by atoms with Gasteiger partial charge in [-0.25, -0.2) is 0 Å². The summed E-state index contributed by atoms with van der Waals surface area (Å²) in [4.78, 5) is 16.4. The Kier molecular flexibility index (Phi) is 2.83. The van der Waals surface area contributed by atoms with E-state index in [0.717, 1.165) is 34.5 Å². The van der Waals surface area contributed by atoms with Gasteiger partial charge in [0.15, 0.2) is 0 Å². The summed E-state index contributed by atoms with van der Waals surface area (Å²) < 4.78 is 1.06. The third-order valence-corrected chi connectivity index (χ3v) is 4.13. The molecule has 1 fully saturated rings. The van der Waals surface area contributed by atoms with E-state index in [9.17, 15) is 4.79 Å². The number of amides is 1. The van der Waals surface area contributed by atoms with Crippen LogP contribution in [0.25, 0.3) is 0 Å². The van der Waals surface area contributed by atoms with Crippen LogP contribution in [0.2, 0.25) is 0 Å². The first-order chi connectivity index (χ1) is 8.58. The summed E-state index contributed by atoms with van der Waals surface area (Å²) in [5, 5.41) is 3.19. The van der Waals surface area contributed by atoms with Crippen LogP contribution in [0.5, 0.6) is 0 Å². The number of hydrogen-bond donors (Lipinski definition) is 1. The Labute approximate surface area is 115 Å². The molecular weight excluding hydrogens is 294 g/mol. The van der Waals surface area contributed by atoms with Gasteiger partial charge < -0.3 is 15.1 Å². The van der Waals surface area contributed by atoms with Crippen molar-refractivity contribution in [1.29, 1.82) is 0 Å². The zero-order valence-electron chi connectivity index (χ0n) is 10.5. The van der Waals surface area contributed by atoms with Gasteiger partial charge >= 0.3 is 0 Å². The van der Waals surface area contributed by atoms with Crippen LogP contribution < -0.4 is 15.1 Å². The van der Waals surface area contributed by atoms with Crippen molar-refractivity contribution in [1.82, 2.24) is 5.32 Å². The summed E-state index contributed by atoms with van der Waals surface area (Å²) in [6, 6.07) is 4.40. The zero-order chi connectivity index (χ0) is 12.9. The van der Waals surface area contributed by atoms with Crippen LogP contribution in [0.4, 0.5) is 11.4 Å². The van der Waals surface area contributed by atoms with Crippen LogP contribution in [-0.4, -0.2) is 38.6 Å². The Bertz CT molecular complexity index is 517. The number of anilines is 2. The third kappa shape index (κ3) is 1.73.